The van der Waals surface area contributed by atoms with Crippen LogP contribution in [0.4, 0.5) is 10.5 Å². The van der Waals surface area contributed by atoms with Gasteiger partial charge in [-0.25, -0.2) is 14.8 Å². The number of aromatic nitrogens is 2. The zero-order chi connectivity index (χ0) is 21.8. The second kappa shape index (κ2) is 9.38. The Balaban J connectivity index is 1.34. The Bertz CT molecular complexity index is 942. The Morgan fingerprint density at radius 3 is 2.74 bits per heavy atom. The highest BCUT2D eigenvalue weighted by atomic mass is 35.5. The zero-order valence-electron chi connectivity index (χ0n) is 17.2. The van der Waals surface area contributed by atoms with Crippen molar-refractivity contribution >= 4 is 29.2 Å². The summed E-state index contributed by atoms with van der Waals surface area (Å²) in [6, 6.07) is 7.41. The minimum atomic E-state index is -0.197. The van der Waals surface area contributed by atoms with E-state index in [2.05, 4.69) is 9.97 Å². The van der Waals surface area contributed by atoms with E-state index in [0.717, 1.165) is 12.8 Å². The summed E-state index contributed by atoms with van der Waals surface area (Å²) in [6.45, 7) is 2.09. The SMILES string of the molecule is COc1ccccc1N1CCN(CC(=O)N2CCC[C@H](Oc3ncc(Cl)cn3)C2)C1=O. The molecule has 3 heterocycles. The number of benzene rings is 1. The van der Waals surface area contributed by atoms with Gasteiger partial charge in [0.1, 0.15) is 18.4 Å². The zero-order valence-corrected chi connectivity index (χ0v) is 18.0. The fourth-order valence-electron chi connectivity index (χ4n) is 3.84. The van der Waals surface area contributed by atoms with Crippen LogP contribution in [-0.2, 0) is 4.79 Å². The van der Waals surface area contributed by atoms with Gasteiger partial charge < -0.3 is 19.3 Å². The maximum absolute atomic E-state index is 12.9. The summed E-state index contributed by atoms with van der Waals surface area (Å²) in [5.41, 5.74) is 0.708. The van der Waals surface area contributed by atoms with E-state index in [1.54, 1.807) is 21.8 Å². The van der Waals surface area contributed by atoms with Gasteiger partial charge >= 0.3 is 12.0 Å². The molecule has 0 unspecified atom stereocenters. The highest BCUT2D eigenvalue weighted by Gasteiger charge is 2.34. The van der Waals surface area contributed by atoms with Gasteiger partial charge in [-0.15, -0.1) is 0 Å². The summed E-state index contributed by atoms with van der Waals surface area (Å²) >= 11 is 5.80. The number of amides is 3. The summed E-state index contributed by atoms with van der Waals surface area (Å²) in [5, 5.41) is 0.435. The van der Waals surface area contributed by atoms with Gasteiger partial charge in [0.15, 0.2) is 0 Å². The summed E-state index contributed by atoms with van der Waals surface area (Å²) in [4.78, 5) is 38.8. The lowest BCUT2D eigenvalue weighted by Gasteiger charge is -2.33. The molecule has 164 valence electrons. The number of likely N-dealkylation sites (tertiary alicyclic amines) is 1. The molecule has 2 aromatic rings. The van der Waals surface area contributed by atoms with E-state index in [1.165, 1.54) is 12.4 Å². The number of ether oxygens (including phenoxy) is 2. The van der Waals surface area contributed by atoms with E-state index < -0.39 is 0 Å². The number of piperidine rings is 1. The first-order valence-electron chi connectivity index (χ1n) is 10.2. The molecule has 1 aromatic heterocycles. The minimum Gasteiger partial charge on any atom is -0.495 e. The number of hydrogen-bond donors (Lipinski definition) is 0. The first-order chi connectivity index (χ1) is 15.0. The fraction of sp³-hybridized carbons (Fsp3) is 0.429. The first kappa shape index (κ1) is 21.2. The average molecular weight is 446 g/mol. The van der Waals surface area contributed by atoms with Crippen molar-refractivity contribution in [1.29, 1.82) is 0 Å². The van der Waals surface area contributed by atoms with Crippen LogP contribution < -0.4 is 14.4 Å². The summed E-state index contributed by atoms with van der Waals surface area (Å²) < 4.78 is 11.2. The number of anilines is 1. The van der Waals surface area contributed by atoms with Crippen molar-refractivity contribution in [2.75, 3.05) is 44.7 Å². The number of nitrogens with zero attached hydrogens (tertiary/aromatic N) is 5. The van der Waals surface area contributed by atoms with Crippen molar-refractivity contribution in [2.45, 2.75) is 18.9 Å². The summed E-state index contributed by atoms with van der Waals surface area (Å²) in [7, 11) is 1.57. The van der Waals surface area contributed by atoms with Crippen molar-refractivity contribution < 1.29 is 19.1 Å². The number of rotatable bonds is 6. The number of hydrogen-bond acceptors (Lipinski definition) is 6. The van der Waals surface area contributed by atoms with Crippen molar-refractivity contribution in [1.82, 2.24) is 19.8 Å². The molecular formula is C21H24ClN5O4. The standard InChI is InChI=1S/C21H24ClN5O4/c1-30-18-7-3-2-6-17(18)27-10-9-26(21(27)29)14-19(28)25-8-4-5-16(13-25)31-20-23-11-15(22)12-24-20/h2-3,6-7,11-12,16H,4-5,8-10,13-14H2,1H3/t16-/m0/s1. The number of carbonyl (C=O) groups is 2. The molecule has 10 heteroatoms. The van der Waals surface area contributed by atoms with Gasteiger partial charge in [-0.1, -0.05) is 23.7 Å². The van der Waals surface area contributed by atoms with E-state index in [1.807, 2.05) is 24.3 Å². The van der Waals surface area contributed by atoms with Gasteiger partial charge in [0.25, 0.3) is 0 Å². The molecule has 0 bridgehead atoms. The Morgan fingerprint density at radius 2 is 1.97 bits per heavy atom. The topological polar surface area (TPSA) is 88.1 Å². The number of methoxy groups -OCH3 is 1. The predicted molar refractivity (Wildman–Crippen MR) is 115 cm³/mol. The van der Waals surface area contributed by atoms with Crippen molar-refractivity contribution in [3.8, 4) is 11.8 Å². The van der Waals surface area contributed by atoms with Gasteiger partial charge in [0.2, 0.25) is 5.91 Å². The van der Waals surface area contributed by atoms with Crippen LogP contribution in [0.2, 0.25) is 5.02 Å². The molecule has 2 aliphatic heterocycles. The van der Waals surface area contributed by atoms with Crippen LogP contribution in [0, 0.1) is 0 Å². The van der Waals surface area contributed by atoms with Crippen LogP contribution in [0.3, 0.4) is 0 Å². The van der Waals surface area contributed by atoms with E-state index in [0.29, 0.717) is 42.6 Å². The summed E-state index contributed by atoms with van der Waals surface area (Å²) in [5.74, 6) is 0.532. The Labute approximate surface area is 185 Å². The molecule has 0 N–H and O–H groups in total. The smallest absolute Gasteiger partial charge is 0.325 e. The number of urea groups is 1. The number of halogens is 1. The second-order valence-corrected chi connectivity index (χ2v) is 7.87. The average Bonchev–Trinajstić information content (AvgIpc) is 3.15. The molecule has 31 heavy (non-hydrogen) atoms. The minimum absolute atomic E-state index is 0.0364. The lowest BCUT2D eigenvalue weighted by Crippen LogP contribution is -2.48. The van der Waals surface area contributed by atoms with Crippen LogP contribution in [0.25, 0.3) is 0 Å². The van der Waals surface area contributed by atoms with Crippen LogP contribution in [0.5, 0.6) is 11.8 Å². The molecule has 1 atom stereocenters. The Kier molecular flexibility index (Phi) is 6.41. The lowest BCUT2D eigenvalue weighted by molar-refractivity contribution is -0.134. The van der Waals surface area contributed by atoms with Gasteiger partial charge in [0.05, 0.1) is 36.8 Å². The van der Waals surface area contributed by atoms with Crippen molar-refractivity contribution in [3.63, 3.8) is 0 Å². The molecule has 2 fully saturated rings. The normalized spacial score (nSPS) is 19.0. The third-order valence-corrected chi connectivity index (χ3v) is 5.59. The largest absolute Gasteiger partial charge is 0.495 e. The molecule has 3 amide bonds. The monoisotopic (exact) mass is 445 g/mol. The van der Waals surface area contributed by atoms with Gasteiger partial charge in [0, 0.05) is 19.6 Å². The van der Waals surface area contributed by atoms with E-state index in [9.17, 15) is 9.59 Å². The summed E-state index contributed by atoms with van der Waals surface area (Å²) in [6.07, 6.45) is 4.37. The molecule has 2 aliphatic rings. The molecular weight excluding hydrogens is 422 g/mol. The lowest BCUT2D eigenvalue weighted by atomic mass is 10.1. The molecule has 4 rings (SSSR count). The molecule has 9 nitrogen and oxygen atoms in total. The quantitative estimate of drug-likeness (QED) is 0.678. The molecule has 0 spiro atoms. The highest BCUT2D eigenvalue weighted by molar-refractivity contribution is 6.30. The van der Waals surface area contributed by atoms with Crippen molar-refractivity contribution in [3.05, 3.63) is 41.7 Å². The van der Waals surface area contributed by atoms with Gasteiger partial charge in [-0.3, -0.25) is 9.69 Å². The van der Waals surface area contributed by atoms with Crippen LogP contribution >= 0.6 is 11.6 Å². The van der Waals surface area contributed by atoms with Crippen LogP contribution in [0.1, 0.15) is 12.8 Å². The molecule has 1 aromatic carbocycles. The maximum Gasteiger partial charge on any atom is 0.325 e. The first-order valence-corrected chi connectivity index (χ1v) is 10.5. The van der Waals surface area contributed by atoms with E-state index in [4.69, 9.17) is 21.1 Å². The van der Waals surface area contributed by atoms with Gasteiger partial charge in [-0.2, -0.15) is 0 Å². The fourth-order valence-corrected chi connectivity index (χ4v) is 3.94. The number of carbonyl (C=O) groups excluding carboxylic acids is 2. The highest BCUT2D eigenvalue weighted by Crippen LogP contribution is 2.30. The molecule has 0 aliphatic carbocycles. The maximum atomic E-state index is 12.9. The van der Waals surface area contributed by atoms with Gasteiger partial charge in [-0.05, 0) is 25.0 Å². The van der Waals surface area contributed by atoms with E-state index in [-0.39, 0.29) is 30.6 Å². The van der Waals surface area contributed by atoms with E-state index >= 15 is 0 Å². The molecule has 0 radical (unpaired) electrons. The Hall–Kier alpha value is -3.07. The third kappa shape index (κ3) is 4.82. The molecule has 2 saturated heterocycles. The number of para-hydroxylation sites is 2. The molecule has 0 saturated carbocycles. The second-order valence-electron chi connectivity index (χ2n) is 7.43. The Morgan fingerprint density at radius 1 is 1.19 bits per heavy atom. The predicted octanol–water partition coefficient (Wildman–Crippen LogP) is 2.45. The van der Waals surface area contributed by atoms with Crippen LogP contribution in [0.15, 0.2) is 36.7 Å². The van der Waals surface area contributed by atoms with Crippen LogP contribution in [-0.4, -0.2) is 77.6 Å². The third-order valence-electron chi connectivity index (χ3n) is 5.40. The van der Waals surface area contributed by atoms with Crippen molar-refractivity contribution in [2.24, 2.45) is 0 Å².